The molecule has 7 heteroatoms. The van der Waals surface area contributed by atoms with Crippen molar-refractivity contribution >= 4 is 22.8 Å². The molecule has 104 valence electrons. The number of pyridine rings is 1. The van der Waals surface area contributed by atoms with Crippen LogP contribution in [0.25, 0.3) is 11.2 Å². The average molecular weight is 282 g/mol. The van der Waals surface area contributed by atoms with Gasteiger partial charge in [-0.15, -0.1) is 0 Å². The Kier molecular flexibility index (Phi) is 2.50. The van der Waals surface area contributed by atoms with Crippen molar-refractivity contribution in [2.24, 2.45) is 0 Å². The van der Waals surface area contributed by atoms with Crippen LogP contribution in [0, 0.1) is 0 Å². The molecule has 0 atom stereocenters. The van der Waals surface area contributed by atoms with Crippen LogP contribution in [0.4, 0.5) is 5.69 Å². The highest BCUT2D eigenvalue weighted by atomic mass is 16.7. The van der Waals surface area contributed by atoms with Crippen LogP contribution < -0.4 is 14.8 Å². The molecular weight excluding hydrogens is 272 g/mol. The van der Waals surface area contributed by atoms with E-state index in [0.29, 0.717) is 33.9 Å². The zero-order valence-corrected chi connectivity index (χ0v) is 10.8. The molecule has 2 N–H and O–H groups in total. The summed E-state index contributed by atoms with van der Waals surface area (Å²) in [5.74, 6) is 1.04. The number of carbonyl (C=O) groups excluding carboxylic acids is 1. The number of imidazole rings is 1. The molecule has 0 saturated heterocycles. The first-order valence-electron chi connectivity index (χ1n) is 6.30. The van der Waals surface area contributed by atoms with Crippen LogP contribution in [0.15, 0.2) is 36.8 Å². The summed E-state index contributed by atoms with van der Waals surface area (Å²) in [6.45, 7) is 0.202. The van der Waals surface area contributed by atoms with Crippen LogP contribution in [0.3, 0.4) is 0 Å². The molecule has 1 amide bonds. The molecule has 2 aromatic heterocycles. The highest BCUT2D eigenvalue weighted by molar-refractivity contribution is 6.05. The van der Waals surface area contributed by atoms with Crippen LogP contribution in [0.1, 0.15) is 10.4 Å². The van der Waals surface area contributed by atoms with E-state index in [0.717, 1.165) is 0 Å². The van der Waals surface area contributed by atoms with Crippen molar-refractivity contribution in [1.29, 1.82) is 0 Å². The smallest absolute Gasteiger partial charge is 0.257 e. The molecule has 0 bridgehead atoms. The van der Waals surface area contributed by atoms with Gasteiger partial charge in [0.2, 0.25) is 6.79 Å². The molecule has 21 heavy (non-hydrogen) atoms. The van der Waals surface area contributed by atoms with Gasteiger partial charge in [-0.2, -0.15) is 0 Å². The van der Waals surface area contributed by atoms with Gasteiger partial charge in [-0.3, -0.25) is 4.79 Å². The van der Waals surface area contributed by atoms with Gasteiger partial charge >= 0.3 is 0 Å². The molecule has 0 spiro atoms. The number of aromatic nitrogens is 3. The van der Waals surface area contributed by atoms with Crippen molar-refractivity contribution in [3.63, 3.8) is 0 Å². The summed E-state index contributed by atoms with van der Waals surface area (Å²) in [6.07, 6.45) is 3.03. The van der Waals surface area contributed by atoms with E-state index in [2.05, 4.69) is 20.3 Å². The molecule has 4 rings (SSSR count). The molecule has 7 nitrogen and oxygen atoms in total. The molecular formula is C14H10N4O3. The molecule has 1 aromatic carbocycles. The Labute approximate surface area is 118 Å². The Morgan fingerprint density at radius 1 is 1.19 bits per heavy atom. The van der Waals surface area contributed by atoms with Crippen LogP contribution in [0.5, 0.6) is 11.5 Å². The molecule has 0 unspecified atom stereocenters. The second-order valence-electron chi connectivity index (χ2n) is 4.52. The quantitative estimate of drug-likeness (QED) is 0.749. The molecule has 0 radical (unpaired) electrons. The zero-order valence-electron chi connectivity index (χ0n) is 10.8. The lowest BCUT2D eigenvalue weighted by Gasteiger charge is -2.06. The summed E-state index contributed by atoms with van der Waals surface area (Å²) < 4.78 is 10.5. The molecule has 0 fully saturated rings. The van der Waals surface area contributed by atoms with Crippen molar-refractivity contribution in [1.82, 2.24) is 15.0 Å². The number of aromatic amines is 1. The van der Waals surface area contributed by atoms with Crippen LogP contribution in [-0.2, 0) is 0 Å². The van der Waals surface area contributed by atoms with Gasteiger partial charge in [-0.25, -0.2) is 9.97 Å². The van der Waals surface area contributed by atoms with Crippen LogP contribution in [-0.4, -0.2) is 27.7 Å². The minimum absolute atomic E-state index is 0.202. The van der Waals surface area contributed by atoms with Crippen LogP contribution in [0.2, 0.25) is 0 Å². The highest BCUT2D eigenvalue weighted by Crippen LogP contribution is 2.34. The maximum absolute atomic E-state index is 12.2. The number of anilines is 1. The Balaban J connectivity index is 1.60. The minimum Gasteiger partial charge on any atom is -0.454 e. The molecule has 0 saturated carbocycles. The number of hydrogen-bond acceptors (Lipinski definition) is 5. The van der Waals surface area contributed by atoms with Gasteiger partial charge in [0.1, 0.15) is 0 Å². The van der Waals surface area contributed by atoms with Gasteiger partial charge < -0.3 is 19.8 Å². The third-order valence-corrected chi connectivity index (χ3v) is 3.17. The summed E-state index contributed by atoms with van der Waals surface area (Å²) in [5.41, 5.74) is 2.38. The van der Waals surface area contributed by atoms with Gasteiger partial charge in [-0.05, 0) is 18.2 Å². The van der Waals surface area contributed by atoms with Gasteiger partial charge in [-0.1, -0.05) is 0 Å². The fraction of sp³-hybridized carbons (Fsp3) is 0.0714. The number of fused-ring (bicyclic) bond motifs is 2. The fourth-order valence-corrected chi connectivity index (χ4v) is 2.13. The lowest BCUT2D eigenvalue weighted by atomic mass is 10.2. The number of amides is 1. The number of carbonyl (C=O) groups is 1. The van der Waals surface area contributed by atoms with E-state index in [1.54, 1.807) is 24.3 Å². The predicted octanol–water partition coefficient (Wildman–Crippen LogP) is 1.94. The first-order valence-corrected chi connectivity index (χ1v) is 6.30. The number of benzene rings is 1. The number of nitrogens with one attached hydrogen (secondary N) is 2. The highest BCUT2D eigenvalue weighted by Gasteiger charge is 2.15. The van der Waals surface area contributed by atoms with Crippen molar-refractivity contribution < 1.29 is 14.3 Å². The molecule has 0 aliphatic carbocycles. The maximum atomic E-state index is 12.2. The summed E-state index contributed by atoms with van der Waals surface area (Å²) in [7, 11) is 0. The number of hydrogen-bond donors (Lipinski definition) is 2. The summed E-state index contributed by atoms with van der Waals surface area (Å²) in [4.78, 5) is 23.3. The number of rotatable bonds is 2. The van der Waals surface area contributed by atoms with E-state index in [4.69, 9.17) is 9.47 Å². The predicted molar refractivity (Wildman–Crippen MR) is 74.4 cm³/mol. The van der Waals surface area contributed by atoms with E-state index in [-0.39, 0.29) is 12.7 Å². The summed E-state index contributed by atoms with van der Waals surface area (Å²) in [5, 5.41) is 2.80. The van der Waals surface area contributed by atoms with E-state index in [1.807, 2.05) is 0 Å². The first-order chi connectivity index (χ1) is 10.3. The SMILES string of the molecule is O=C(Nc1ccc2c(c1)OCO2)c1cnc2nc[nH]c2c1. The molecule has 3 heterocycles. The van der Waals surface area contributed by atoms with E-state index in [9.17, 15) is 4.79 Å². The van der Waals surface area contributed by atoms with Crippen molar-refractivity contribution in [2.75, 3.05) is 12.1 Å². The lowest BCUT2D eigenvalue weighted by molar-refractivity contribution is 0.102. The van der Waals surface area contributed by atoms with Gasteiger partial charge in [0.05, 0.1) is 17.4 Å². The second kappa shape index (κ2) is 4.48. The van der Waals surface area contributed by atoms with Crippen molar-refractivity contribution in [3.05, 3.63) is 42.4 Å². The molecule has 1 aliphatic heterocycles. The zero-order chi connectivity index (χ0) is 14.2. The van der Waals surface area contributed by atoms with Gasteiger partial charge in [0.25, 0.3) is 5.91 Å². The minimum atomic E-state index is -0.252. The Morgan fingerprint density at radius 3 is 3.05 bits per heavy atom. The number of nitrogens with zero attached hydrogens (tertiary/aromatic N) is 2. The number of ether oxygens (including phenoxy) is 2. The maximum Gasteiger partial charge on any atom is 0.257 e. The number of H-pyrrole nitrogens is 1. The second-order valence-corrected chi connectivity index (χ2v) is 4.52. The molecule has 1 aliphatic rings. The Hall–Kier alpha value is -3.09. The topological polar surface area (TPSA) is 89.1 Å². The van der Waals surface area contributed by atoms with E-state index >= 15 is 0 Å². The van der Waals surface area contributed by atoms with E-state index < -0.39 is 0 Å². The standard InChI is InChI=1S/C14H10N4O3/c19-14(8-3-10-13(15-5-8)17-6-16-10)18-9-1-2-11-12(4-9)21-7-20-11/h1-6H,7H2,(H,18,19)(H,15,16,17). The van der Waals surface area contributed by atoms with Crippen LogP contribution >= 0.6 is 0 Å². The third-order valence-electron chi connectivity index (χ3n) is 3.17. The third kappa shape index (κ3) is 2.04. The fourth-order valence-electron chi connectivity index (χ4n) is 2.13. The summed E-state index contributed by atoms with van der Waals surface area (Å²) >= 11 is 0. The first kappa shape index (κ1) is 11.7. The normalized spacial score (nSPS) is 12.6. The van der Waals surface area contributed by atoms with E-state index in [1.165, 1.54) is 12.5 Å². The Bertz CT molecular complexity index is 843. The van der Waals surface area contributed by atoms with Crippen molar-refractivity contribution in [2.45, 2.75) is 0 Å². The average Bonchev–Trinajstić information content (AvgIpc) is 3.14. The van der Waals surface area contributed by atoms with Crippen molar-refractivity contribution in [3.8, 4) is 11.5 Å². The molecule has 3 aromatic rings. The monoisotopic (exact) mass is 282 g/mol. The summed E-state index contributed by atoms with van der Waals surface area (Å²) in [6, 6.07) is 6.95. The Morgan fingerprint density at radius 2 is 2.10 bits per heavy atom. The largest absolute Gasteiger partial charge is 0.454 e. The van der Waals surface area contributed by atoms with Gasteiger partial charge in [0, 0.05) is 18.0 Å². The van der Waals surface area contributed by atoms with Gasteiger partial charge in [0.15, 0.2) is 17.1 Å². The lowest BCUT2D eigenvalue weighted by Crippen LogP contribution is -2.12.